The standard InChI is InChI=1S/C21H36N6O/c1-21(20(28)26(5)14-17-7-11-25(4)12-8-17)9-6-10-27(15-21)19-13-18(24(2)3)22-16-23-19/h13,16-17H,6-12,14-15H2,1-5H3/t21-/m1/s1. The highest BCUT2D eigenvalue weighted by molar-refractivity contribution is 5.83. The summed E-state index contributed by atoms with van der Waals surface area (Å²) in [5.74, 6) is 2.70. The number of hydrogen-bond acceptors (Lipinski definition) is 6. The van der Waals surface area contributed by atoms with Crippen LogP contribution >= 0.6 is 0 Å². The molecular weight excluding hydrogens is 352 g/mol. The van der Waals surface area contributed by atoms with Crippen LogP contribution in [0.1, 0.15) is 32.6 Å². The molecule has 1 aromatic rings. The van der Waals surface area contributed by atoms with Crippen LogP contribution in [0.3, 0.4) is 0 Å². The zero-order valence-corrected chi connectivity index (χ0v) is 18.2. The minimum Gasteiger partial charge on any atom is -0.363 e. The fourth-order valence-electron chi connectivity index (χ4n) is 4.54. The summed E-state index contributed by atoms with van der Waals surface area (Å²) < 4.78 is 0. The number of nitrogens with zero attached hydrogens (tertiary/aromatic N) is 6. The molecule has 2 aliphatic heterocycles. The minimum atomic E-state index is -0.359. The predicted molar refractivity (Wildman–Crippen MR) is 114 cm³/mol. The van der Waals surface area contributed by atoms with E-state index in [1.807, 2.05) is 37.0 Å². The lowest BCUT2D eigenvalue weighted by Gasteiger charge is -2.42. The van der Waals surface area contributed by atoms with Gasteiger partial charge in [-0.15, -0.1) is 0 Å². The van der Waals surface area contributed by atoms with Crippen molar-refractivity contribution in [2.24, 2.45) is 11.3 Å². The highest BCUT2D eigenvalue weighted by Crippen LogP contribution is 2.34. The molecule has 7 heteroatoms. The number of hydrogen-bond donors (Lipinski definition) is 0. The molecule has 0 aliphatic carbocycles. The maximum Gasteiger partial charge on any atom is 0.230 e. The summed E-state index contributed by atoms with van der Waals surface area (Å²) in [4.78, 5) is 30.7. The van der Waals surface area contributed by atoms with E-state index in [0.717, 1.165) is 50.7 Å². The average Bonchev–Trinajstić information content (AvgIpc) is 2.69. The van der Waals surface area contributed by atoms with E-state index in [2.05, 4.69) is 33.7 Å². The van der Waals surface area contributed by atoms with Crippen molar-refractivity contribution in [2.45, 2.75) is 32.6 Å². The number of anilines is 2. The molecule has 2 saturated heterocycles. The number of carbonyl (C=O) groups is 1. The molecule has 1 aromatic heterocycles. The molecule has 0 aromatic carbocycles. The van der Waals surface area contributed by atoms with Crippen LogP contribution in [0.15, 0.2) is 12.4 Å². The Balaban J connectivity index is 1.65. The van der Waals surface area contributed by atoms with Gasteiger partial charge in [-0.2, -0.15) is 0 Å². The maximum atomic E-state index is 13.4. The fraction of sp³-hybridized carbons (Fsp3) is 0.762. The number of piperidine rings is 2. The summed E-state index contributed by atoms with van der Waals surface area (Å²) in [6.45, 7) is 6.93. The molecule has 0 spiro atoms. The Morgan fingerprint density at radius 2 is 1.93 bits per heavy atom. The van der Waals surface area contributed by atoms with Gasteiger partial charge in [-0.3, -0.25) is 4.79 Å². The molecule has 0 radical (unpaired) electrons. The molecule has 3 heterocycles. The number of amides is 1. The smallest absolute Gasteiger partial charge is 0.230 e. The molecule has 0 bridgehead atoms. The summed E-state index contributed by atoms with van der Waals surface area (Å²) >= 11 is 0. The van der Waals surface area contributed by atoms with E-state index in [-0.39, 0.29) is 11.3 Å². The summed E-state index contributed by atoms with van der Waals surface area (Å²) in [6.07, 6.45) is 5.93. The number of carbonyl (C=O) groups excluding carboxylic acids is 1. The van der Waals surface area contributed by atoms with Gasteiger partial charge in [0.05, 0.1) is 5.41 Å². The van der Waals surface area contributed by atoms with E-state index in [9.17, 15) is 4.79 Å². The van der Waals surface area contributed by atoms with Crippen molar-refractivity contribution < 1.29 is 4.79 Å². The van der Waals surface area contributed by atoms with Crippen LogP contribution in [0, 0.1) is 11.3 Å². The monoisotopic (exact) mass is 388 g/mol. The van der Waals surface area contributed by atoms with E-state index in [1.54, 1.807) is 6.33 Å². The zero-order valence-electron chi connectivity index (χ0n) is 18.2. The SMILES string of the molecule is CN1CCC(CN(C)C(=O)[C@]2(C)CCCN(c3cc(N(C)C)ncn3)C2)CC1. The molecule has 7 nitrogen and oxygen atoms in total. The molecular formula is C21H36N6O. The minimum absolute atomic E-state index is 0.276. The number of rotatable bonds is 5. The Morgan fingerprint density at radius 3 is 2.61 bits per heavy atom. The Bertz CT molecular complexity index is 673. The highest BCUT2D eigenvalue weighted by Gasteiger charge is 2.40. The largest absolute Gasteiger partial charge is 0.363 e. The van der Waals surface area contributed by atoms with E-state index >= 15 is 0 Å². The Morgan fingerprint density at radius 1 is 1.21 bits per heavy atom. The van der Waals surface area contributed by atoms with Crippen LogP contribution in [-0.2, 0) is 4.79 Å². The van der Waals surface area contributed by atoms with E-state index in [1.165, 1.54) is 12.8 Å². The van der Waals surface area contributed by atoms with Crippen molar-refractivity contribution >= 4 is 17.5 Å². The first kappa shape index (κ1) is 20.8. The van der Waals surface area contributed by atoms with Crippen molar-refractivity contribution in [3.8, 4) is 0 Å². The van der Waals surface area contributed by atoms with Crippen molar-refractivity contribution in [1.29, 1.82) is 0 Å². The van der Waals surface area contributed by atoms with Crippen molar-refractivity contribution in [1.82, 2.24) is 19.8 Å². The first-order valence-electron chi connectivity index (χ1n) is 10.5. The number of aromatic nitrogens is 2. The Hall–Kier alpha value is -1.89. The summed E-state index contributed by atoms with van der Waals surface area (Å²) in [5, 5.41) is 0. The van der Waals surface area contributed by atoms with E-state index in [4.69, 9.17) is 0 Å². The van der Waals surface area contributed by atoms with E-state index < -0.39 is 0 Å². The van der Waals surface area contributed by atoms with Crippen LogP contribution in [-0.4, -0.2) is 86.6 Å². The third-order valence-corrected chi connectivity index (χ3v) is 6.35. The summed E-state index contributed by atoms with van der Waals surface area (Å²) in [6, 6.07) is 2.01. The molecule has 1 atom stereocenters. The molecule has 2 fully saturated rings. The van der Waals surface area contributed by atoms with Gasteiger partial charge in [0.1, 0.15) is 18.0 Å². The summed E-state index contributed by atoms with van der Waals surface area (Å²) in [5.41, 5.74) is -0.359. The van der Waals surface area contributed by atoms with Crippen LogP contribution < -0.4 is 9.80 Å². The Labute approximate surface area is 169 Å². The second-order valence-corrected chi connectivity index (χ2v) is 9.15. The summed E-state index contributed by atoms with van der Waals surface area (Å²) in [7, 11) is 8.12. The van der Waals surface area contributed by atoms with Gasteiger partial charge < -0.3 is 19.6 Å². The van der Waals surface area contributed by atoms with E-state index in [0.29, 0.717) is 12.5 Å². The lowest BCUT2D eigenvalue weighted by Crippen LogP contribution is -2.52. The third kappa shape index (κ3) is 4.74. The topological polar surface area (TPSA) is 55.8 Å². The van der Waals surface area contributed by atoms with Crippen molar-refractivity contribution in [2.75, 3.05) is 70.7 Å². The van der Waals surface area contributed by atoms with Gasteiger partial charge >= 0.3 is 0 Å². The number of likely N-dealkylation sites (tertiary alicyclic amines) is 1. The van der Waals surface area contributed by atoms with Crippen molar-refractivity contribution in [3.05, 3.63) is 12.4 Å². The maximum absolute atomic E-state index is 13.4. The Kier molecular flexibility index (Phi) is 6.43. The predicted octanol–water partition coefficient (Wildman–Crippen LogP) is 1.95. The van der Waals surface area contributed by atoms with Gasteiger partial charge in [0.15, 0.2) is 0 Å². The average molecular weight is 389 g/mol. The molecule has 0 N–H and O–H groups in total. The lowest BCUT2D eigenvalue weighted by molar-refractivity contribution is -0.141. The van der Waals surface area contributed by atoms with Crippen LogP contribution in [0.5, 0.6) is 0 Å². The van der Waals surface area contributed by atoms with Gasteiger partial charge in [-0.05, 0) is 58.7 Å². The van der Waals surface area contributed by atoms with Crippen LogP contribution in [0.4, 0.5) is 11.6 Å². The van der Waals surface area contributed by atoms with Crippen LogP contribution in [0.2, 0.25) is 0 Å². The quantitative estimate of drug-likeness (QED) is 0.769. The van der Waals surface area contributed by atoms with Gasteiger partial charge in [-0.25, -0.2) is 9.97 Å². The fourth-order valence-corrected chi connectivity index (χ4v) is 4.54. The molecule has 0 unspecified atom stereocenters. The molecule has 2 aliphatic rings. The molecule has 28 heavy (non-hydrogen) atoms. The third-order valence-electron chi connectivity index (χ3n) is 6.35. The van der Waals surface area contributed by atoms with Gasteiger partial charge in [0.2, 0.25) is 5.91 Å². The van der Waals surface area contributed by atoms with Gasteiger partial charge in [0, 0.05) is 46.8 Å². The van der Waals surface area contributed by atoms with Gasteiger partial charge in [0.25, 0.3) is 0 Å². The highest BCUT2D eigenvalue weighted by atomic mass is 16.2. The zero-order chi connectivity index (χ0) is 20.3. The van der Waals surface area contributed by atoms with Gasteiger partial charge in [-0.1, -0.05) is 0 Å². The second-order valence-electron chi connectivity index (χ2n) is 9.15. The van der Waals surface area contributed by atoms with Crippen molar-refractivity contribution in [3.63, 3.8) is 0 Å². The molecule has 0 saturated carbocycles. The lowest BCUT2D eigenvalue weighted by atomic mass is 9.80. The molecule has 156 valence electrons. The molecule has 1 amide bonds. The normalized spacial score (nSPS) is 24.2. The first-order valence-corrected chi connectivity index (χ1v) is 10.5. The second kappa shape index (κ2) is 8.64. The van der Waals surface area contributed by atoms with Crippen LogP contribution in [0.25, 0.3) is 0 Å². The first-order chi connectivity index (χ1) is 13.3. The molecule has 3 rings (SSSR count).